The van der Waals surface area contributed by atoms with Gasteiger partial charge in [0.15, 0.2) is 47.1 Å². The number of aryl methyl sites for hydroxylation is 13. The van der Waals surface area contributed by atoms with Crippen LogP contribution in [0.5, 0.6) is 0 Å². The number of fused-ring (bicyclic) bond motifs is 16. The van der Waals surface area contributed by atoms with E-state index in [0.29, 0.717) is 40.3 Å². The van der Waals surface area contributed by atoms with Crippen molar-refractivity contribution in [3.05, 3.63) is 284 Å². The van der Waals surface area contributed by atoms with E-state index in [4.69, 9.17) is 23.2 Å². The average molecular weight is 1590 g/mol. The zero-order chi connectivity index (χ0) is 87.9. The van der Waals surface area contributed by atoms with Gasteiger partial charge in [-0.3, -0.25) is 0 Å². The van der Waals surface area contributed by atoms with E-state index in [1.807, 2.05) is 65.2 Å². The van der Waals surface area contributed by atoms with Crippen molar-refractivity contribution in [1.82, 2.24) is 19.9 Å². The predicted octanol–water partition coefficient (Wildman–Crippen LogP) is 26.5. The van der Waals surface area contributed by atoms with Gasteiger partial charge < -0.3 is 17.7 Å². The normalized spacial score (nSPS) is 13.0. The molecule has 12 aromatic heterocycles. The summed E-state index contributed by atoms with van der Waals surface area (Å²) in [6, 6.07) is 60.1. The molecule has 0 bridgehead atoms. The van der Waals surface area contributed by atoms with E-state index in [-0.39, 0.29) is 0 Å². The van der Waals surface area contributed by atoms with Gasteiger partial charge in [-0.15, -0.1) is 0 Å². The summed E-state index contributed by atoms with van der Waals surface area (Å²) in [6.45, 7) is 35.5. The third kappa shape index (κ3) is 13.9. The first kappa shape index (κ1) is 74.7. The van der Waals surface area contributed by atoms with Crippen molar-refractivity contribution >= 4 is 131 Å². The van der Waals surface area contributed by atoms with Crippen LogP contribution in [0.25, 0.3) is 176 Å². The number of furan rings is 4. The average Bonchev–Trinajstić information content (AvgIpc) is 1.54. The summed E-state index contributed by atoms with van der Waals surface area (Å²) in [5.41, 5.74) is 33.5. The zero-order valence-corrected chi connectivity index (χ0v) is 73.3. The molecule has 0 N–H and O–H groups in total. The molecule has 12 heterocycles. The Labute approximate surface area is 708 Å². The molecular formula is C108H108N8O4+4. The van der Waals surface area contributed by atoms with Crippen molar-refractivity contribution in [2.24, 2.45) is 28.2 Å². The number of hydrogen-bond acceptors (Lipinski definition) is 8. The lowest BCUT2D eigenvalue weighted by molar-refractivity contribution is -0.659. The van der Waals surface area contributed by atoms with Gasteiger partial charge in [-0.1, -0.05) is 103 Å². The van der Waals surface area contributed by atoms with Crippen molar-refractivity contribution in [1.29, 1.82) is 0 Å². The third-order valence-corrected chi connectivity index (χ3v) is 25.1. The maximum absolute atomic E-state index is 8.51. The molecule has 20 rings (SSSR count). The van der Waals surface area contributed by atoms with Crippen LogP contribution in [0.4, 0.5) is 0 Å². The fourth-order valence-electron chi connectivity index (χ4n) is 17.8. The van der Waals surface area contributed by atoms with Gasteiger partial charge in [0.2, 0.25) is 45.6 Å². The summed E-state index contributed by atoms with van der Waals surface area (Å²) >= 11 is 0. The Bertz CT molecular complexity index is 7580. The minimum absolute atomic E-state index is 0.467. The number of nitrogens with zero attached hydrogens (tertiary/aromatic N) is 8. The monoisotopic (exact) mass is 1580 g/mol. The maximum atomic E-state index is 8.51. The fraction of sp³-hybridized carbons (Fsp3) is 0.259. The highest BCUT2D eigenvalue weighted by atomic mass is 16.4. The van der Waals surface area contributed by atoms with Crippen molar-refractivity contribution in [2.75, 3.05) is 0 Å². The minimum atomic E-state index is -2.43. The summed E-state index contributed by atoms with van der Waals surface area (Å²) in [7, 11) is 8.35. The van der Waals surface area contributed by atoms with E-state index in [1.54, 1.807) is 6.07 Å². The highest BCUT2D eigenvalue weighted by Gasteiger charge is 2.31. The van der Waals surface area contributed by atoms with Gasteiger partial charge in [0.05, 0.1) is 43.8 Å². The standard InChI is InChI=1S/4C27H27N2O/c3*1-15(2)19-8-10-21-20(14-19)11-12-29(6)25(21)24-18(5)16(3)13-23-22-9-7-17(4)28-27(22)30-26(23)24;1-6-7-19-9-11-21-20(15-19)12-13-29(5)25(21)24-18(4)16(2)14-23-22-10-8-17(3)28-27(22)30-26(23)24/h3*7-15H,1-6H3;8-15H,6-7H2,1-5H3/q4*+1/i1D3,15D;;;. The van der Waals surface area contributed by atoms with Crippen molar-refractivity contribution in [3.63, 3.8) is 0 Å². The van der Waals surface area contributed by atoms with E-state index in [2.05, 4.69) is 307 Å². The second kappa shape index (κ2) is 31.2. The second-order valence-electron chi connectivity index (χ2n) is 34.1. The maximum Gasteiger partial charge on any atom is 0.227 e. The Morgan fingerprint density at radius 3 is 0.842 bits per heavy atom. The Kier molecular flexibility index (Phi) is 19.4. The van der Waals surface area contributed by atoms with Crippen molar-refractivity contribution in [3.8, 4) is 45.0 Å². The minimum Gasteiger partial charge on any atom is -0.437 e. The van der Waals surface area contributed by atoms with Crippen molar-refractivity contribution < 1.29 is 41.4 Å². The molecule has 0 spiro atoms. The van der Waals surface area contributed by atoms with Crippen LogP contribution in [-0.2, 0) is 34.6 Å². The molecule has 1 atom stereocenters. The van der Waals surface area contributed by atoms with Gasteiger partial charge in [0.1, 0.15) is 28.2 Å². The van der Waals surface area contributed by atoms with Gasteiger partial charge in [-0.25, -0.2) is 38.2 Å². The van der Waals surface area contributed by atoms with E-state index in [0.717, 1.165) is 151 Å². The largest absolute Gasteiger partial charge is 0.437 e. The molecule has 0 aliphatic rings. The van der Waals surface area contributed by atoms with E-state index in [1.165, 1.54) is 106 Å². The number of benzene rings is 8. The van der Waals surface area contributed by atoms with Gasteiger partial charge in [0, 0.05) is 95.6 Å². The molecule has 0 aliphatic heterocycles. The Morgan fingerprint density at radius 1 is 0.308 bits per heavy atom. The van der Waals surface area contributed by atoms with E-state index in [9.17, 15) is 0 Å². The third-order valence-electron chi connectivity index (χ3n) is 25.1. The first-order chi connectivity index (χ1) is 59.1. The number of aromatic nitrogens is 8. The Hall–Kier alpha value is -12.8. The van der Waals surface area contributed by atoms with Crippen LogP contribution in [-0.4, -0.2) is 19.9 Å². The van der Waals surface area contributed by atoms with Crippen LogP contribution in [0, 0.1) is 83.1 Å². The quantitative estimate of drug-likeness (QED) is 0.131. The first-order valence-corrected chi connectivity index (χ1v) is 42.0. The molecule has 120 heavy (non-hydrogen) atoms. The topological polar surface area (TPSA) is 120 Å². The molecule has 12 nitrogen and oxygen atoms in total. The summed E-state index contributed by atoms with van der Waals surface area (Å²) in [5.74, 6) is -0.693. The number of pyridine rings is 8. The van der Waals surface area contributed by atoms with Crippen LogP contribution < -0.4 is 18.3 Å². The zero-order valence-electron chi connectivity index (χ0n) is 77.3. The lowest BCUT2D eigenvalue weighted by Gasteiger charge is -2.12. The summed E-state index contributed by atoms with van der Waals surface area (Å²) in [4.78, 5) is 18.6. The van der Waals surface area contributed by atoms with Gasteiger partial charge in [-0.05, 0) is 293 Å². The highest BCUT2D eigenvalue weighted by Crippen LogP contribution is 2.46. The molecule has 0 radical (unpaired) electrons. The smallest absolute Gasteiger partial charge is 0.227 e. The molecule has 1 unspecified atom stereocenters. The van der Waals surface area contributed by atoms with Crippen LogP contribution in [0.2, 0.25) is 0 Å². The second-order valence-corrected chi connectivity index (χ2v) is 34.1. The molecule has 0 aliphatic carbocycles. The Morgan fingerprint density at radius 2 is 0.567 bits per heavy atom. The molecule has 600 valence electrons. The van der Waals surface area contributed by atoms with Gasteiger partial charge >= 0.3 is 0 Å². The summed E-state index contributed by atoms with van der Waals surface area (Å²) in [6.07, 6.45) is 10.7. The Balaban J connectivity index is 0.000000117. The molecule has 0 saturated heterocycles. The van der Waals surface area contributed by atoms with E-state index < -0.39 is 12.7 Å². The van der Waals surface area contributed by atoms with Crippen molar-refractivity contribution in [2.45, 2.75) is 162 Å². The molecule has 20 aromatic rings. The van der Waals surface area contributed by atoms with Crippen LogP contribution in [0.1, 0.15) is 168 Å². The van der Waals surface area contributed by atoms with Crippen LogP contribution in [0.3, 0.4) is 0 Å². The number of rotatable bonds is 9. The molecule has 12 heteroatoms. The lowest BCUT2D eigenvalue weighted by atomic mass is 9.92. The van der Waals surface area contributed by atoms with Gasteiger partial charge in [-0.2, -0.15) is 0 Å². The summed E-state index contributed by atoms with van der Waals surface area (Å²) < 4.78 is 66.2. The van der Waals surface area contributed by atoms with Crippen LogP contribution in [0.15, 0.2) is 212 Å². The summed E-state index contributed by atoms with van der Waals surface area (Å²) in [5, 5.41) is 18.0. The predicted molar refractivity (Wildman–Crippen MR) is 496 cm³/mol. The van der Waals surface area contributed by atoms with Crippen LogP contribution >= 0.6 is 0 Å². The first-order valence-electron chi connectivity index (χ1n) is 44.0. The molecule has 0 saturated carbocycles. The highest BCUT2D eigenvalue weighted by molar-refractivity contribution is 6.16. The molecular weight excluding hydrogens is 1470 g/mol. The molecule has 0 amide bonds. The molecule has 0 fully saturated rings. The number of hydrogen-bond donors (Lipinski definition) is 0. The SMILES string of the molecule is CCCc1ccc2c(-c3c(C)c(C)cc4c3oc3nc(C)ccc34)[n+](C)ccc2c1.Cc1ccc2c(n1)oc1c(-c3c4ccc(C(C)C)cc4cc[n+]3C)c(C)c(C)cc12.Cc1ccc2c(n1)oc1c(-c3c4ccc(C(C)C)cc4cc[n+]3C)c(C)c(C)cc12.[2H]C([2H])([2H])C([2H])(C)c1ccc2c(-c3c(C)c(C)cc4c3oc3nc(C)ccc34)[n+](C)ccc2c1. The van der Waals surface area contributed by atoms with Gasteiger partial charge in [0.25, 0.3) is 0 Å². The fourth-order valence-corrected chi connectivity index (χ4v) is 17.8. The van der Waals surface area contributed by atoms with E-state index >= 15 is 0 Å². The lowest BCUT2D eigenvalue weighted by Crippen LogP contribution is -2.31. The molecule has 8 aromatic carbocycles.